The van der Waals surface area contributed by atoms with E-state index in [9.17, 15) is 0 Å². The number of hydrogen-bond acceptors (Lipinski definition) is 0. The second kappa shape index (κ2) is 33.4. The quantitative estimate of drug-likeness (QED) is 0.114. The highest BCUT2D eigenvalue weighted by Gasteiger charge is 2.19. The minimum atomic E-state index is 0.501. The third-order valence-electron chi connectivity index (χ3n) is 21.0. The van der Waals surface area contributed by atoms with E-state index in [1.165, 1.54) is 217 Å². The van der Waals surface area contributed by atoms with Crippen LogP contribution in [-0.4, -0.2) is 0 Å². The molecule has 0 fully saturated rings. The average molecular weight is 1360 g/mol. The van der Waals surface area contributed by atoms with E-state index in [1.54, 1.807) is 0 Å². The lowest BCUT2D eigenvalue weighted by atomic mass is 9.85. The Bertz CT molecular complexity index is 4570. The summed E-state index contributed by atoms with van der Waals surface area (Å²) < 4.78 is 0. The Morgan fingerprint density at radius 3 is 0.553 bits per heavy atom. The third kappa shape index (κ3) is 18.9. The Morgan fingerprint density at radius 2 is 0.340 bits per heavy atom. The SMILES string of the molecule is Cc1cc(C)c(-c2cc(-c3c(C)cc(C)cc3C)cc(C(C)C)c2)c(C)c1.Cc1ccc(-c2cc(-c3ccc(C)cc3C)cc(C(C)C)c2)c(C)c1.Cc1ccc(-c2cc(-c3ccc(C)cc3C)cc(C(C)C)c2)c(C)c1.Cc1ccc(-c2cc(C(C)C)cc(-c3ccc(C)cc3C)c2C)c(C)c1. The lowest BCUT2D eigenvalue weighted by Crippen LogP contribution is -1.98. The van der Waals surface area contributed by atoms with Crippen LogP contribution in [0, 0.1) is 132 Å². The Balaban J connectivity index is 0.000000160. The first-order chi connectivity index (χ1) is 48.6. The first-order valence-corrected chi connectivity index (χ1v) is 37.9. The summed E-state index contributed by atoms with van der Waals surface area (Å²) in [5.74, 6) is 2.02. The molecule has 0 amide bonds. The standard InChI is InChI=1S/C27H32.C26H30.2C25H28/c1-16(2)23-13-24(26-19(5)9-17(3)10-20(26)6)15-25(14-23)27-21(7)11-18(4)12-22(27)8;1-16(2)22-14-25(23-10-8-17(3)12-19(23)5)21(7)26(15-22)24-11-9-18(4)13-20(24)6;2*1-16(2)21-13-22(24-9-7-17(3)11-19(24)5)15-23(14-21)25-10-8-18(4)12-20(25)6/h9-16H,1-8H3;8-16H,1-7H3;2*7-16H,1-6H3. The highest BCUT2D eigenvalue weighted by Crippen LogP contribution is 2.42. The molecule has 0 heterocycles. The number of aryl methyl sites for hydroxylation is 18. The highest BCUT2D eigenvalue weighted by molar-refractivity contribution is 5.84. The largest absolute Gasteiger partial charge is 0.0587 e. The Kier molecular flexibility index (Phi) is 25.2. The van der Waals surface area contributed by atoms with Gasteiger partial charge < -0.3 is 0 Å². The Labute approximate surface area is 623 Å². The van der Waals surface area contributed by atoms with Gasteiger partial charge in [-0.25, -0.2) is 0 Å². The van der Waals surface area contributed by atoms with Gasteiger partial charge in [-0.1, -0.05) is 282 Å². The van der Waals surface area contributed by atoms with Crippen LogP contribution in [0.25, 0.3) is 89.0 Å². The van der Waals surface area contributed by atoms with Gasteiger partial charge in [-0.2, -0.15) is 0 Å². The van der Waals surface area contributed by atoms with Gasteiger partial charge in [0.2, 0.25) is 0 Å². The van der Waals surface area contributed by atoms with E-state index in [-0.39, 0.29) is 0 Å². The van der Waals surface area contributed by atoms with Crippen LogP contribution in [0.2, 0.25) is 0 Å². The maximum absolute atomic E-state index is 2.39. The molecule has 0 aliphatic rings. The second-order valence-electron chi connectivity index (χ2n) is 31.8. The summed E-state index contributed by atoms with van der Waals surface area (Å²) in [5.41, 5.74) is 52.5. The smallest absolute Gasteiger partial charge is 0.0125 e. The van der Waals surface area contributed by atoms with Gasteiger partial charge in [0.15, 0.2) is 0 Å². The average Bonchev–Trinajstić information content (AvgIpc) is 0.780. The molecule has 0 saturated carbocycles. The van der Waals surface area contributed by atoms with Crippen molar-refractivity contribution >= 4 is 0 Å². The maximum Gasteiger partial charge on any atom is -0.0125 e. The van der Waals surface area contributed by atoms with Crippen molar-refractivity contribution in [3.05, 3.63) is 328 Å². The van der Waals surface area contributed by atoms with Gasteiger partial charge in [-0.05, 0) is 346 Å². The monoisotopic (exact) mass is 1350 g/mol. The van der Waals surface area contributed by atoms with Crippen LogP contribution in [0.15, 0.2) is 200 Å². The lowest BCUT2D eigenvalue weighted by Gasteiger charge is -2.19. The van der Waals surface area contributed by atoms with Crippen LogP contribution in [-0.2, 0) is 0 Å². The summed E-state index contributed by atoms with van der Waals surface area (Å²) in [4.78, 5) is 0. The first-order valence-electron chi connectivity index (χ1n) is 37.9. The van der Waals surface area contributed by atoms with Crippen molar-refractivity contribution in [1.29, 1.82) is 0 Å². The van der Waals surface area contributed by atoms with Crippen molar-refractivity contribution in [2.45, 2.75) is 211 Å². The zero-order chi connectivity index (χ0) is 75.2. The zero-order valence-corrected chi connectivity index (χ0v) is 67.9. The summed E-state index contributed by atoms with van der Waals surface area (Å²) in [6, 6.07) is 75.8. The van der Waals surface area contributed by atoms with Crippen molar-refractivity contribution in [1.82, 2.24) is 0 Å². The third-order valence-corrected chi connectivity index (χ3v) is 21.0. The zero-order valence-electron chi connectivity index (χ0n) is 67.9. The molecule has 0 atom stereocenters. The van der Waals surface area contributed by atoms with Crippen LogP contribution in [0.3, 0.4) is 0 Å². The van der Waals surface area contributed by atoms with E-state index in [0.717, 1.165) is 0 Å². The van der Waals surface area contributed by atoms with E-state index in [4.69, 9.17) is 0 Å². The minimum absolute atomic E-state index is 0.501. The van der Waals surface area contributed by atoms with Crippen molar-refractivity contribution in [2.75, 3.05) is 0 Å². The summed E-state index contributed by atoms with van der Waals surface area (Å²) >= 11 is 0. The Morgan fingerprint density at radius 1 is 0.155 bits per heavy atom. The summed E-state index contributed by atoms with van der Waals surface area (Å²) in [5, 5.41) is 0. The van der Waals surface area contributed by atoms with E-state index < -0.39 is 0 Å². The Hall–Kier alpha value is -9.36. The van der Waals surface area contributed by atoms with Gasteiger partial charge in [-0.3, -0.25) is 0 Å². The van der Waals surface area contributed by atoms with E-state index in [0.29, 0.717) is 23.7 Å². The van der Waals surface area contributed by atoms with Crippen molar-refractivity contribution in [3.63, 3.8) is 0 Å². The van der Waals surface area contributed by atoms with Crippen LogP contribution in [0.5, 0.6) is 0 Å². The molecule has 103 heavy (non-hydrogen) atoms. The molecule has 0 aromatic heterocycles. The molecule has 0 spiro atoms. The summed E-state index contributed by atoms with van der Waals surface area (Å²) in [7, 11) is 0. The van der Waals surface area contributed by atoms with Gasteiger partial charge in [0.1, 0.15) is 0 Å². The maximum atomic E-state index is 2.39. The number of hydrogen-bond donors (Lipinski definition) is 0. The fourth-order valence-electron chi connectivity index (χ4n) is 15.5. The van der Waals surface area contributed by atoms with Gasteiger partial charge in [0, 0.05) is 0 Å². The fraction of sp³-hybridized carbons (Fsp3) is 0.301. The number of rotatable bonds is 12. The van der Waals surface area contributed by atoms with Crippen molar-refractivity contribution < 1.29 is 0 Å². The van der Waals surface area contributed by atoms with Crippen LogP contribution < -0.4 is 0 Å². The van der Waals surface area contributed by atoms with E-state index in [1.807, 2.05) is 0 Å². The van der Waals surface area contributed by atoms with Crippen LogP contribution in [0.4, 0.5) is 0 Å². The summed E-state index contributed by atoms with van der Waals surface area (Å²) in [6.45, 7) is 60.0. The topological polar surface area (TPSA) is 0 Å². The normalized spacial score (nSPS) is 11.2. The van der Waals surface area contributed by atoms with Gasteiger partial charge >= 0.3 is 0 Å². The molecule has 0 aliphatic heterocycles. The molecule has 530 valence electrons. The molecular weight excluding hydrogens is 1240 g/mol. The lowest BCUT2D eigenvalue weighted by molar-refractivity contribution is 0.867. The molecule has 0 unspecified atom stereocenters. The van der Waals surface area contributed by atoms with Gasteiger partial charge in [0.05, 0.1) is 0 Å². The number of benzene rings is 12. The molecule has 12 aromatic rings. The predicted octanol–water partition coefficient (Wildman–Crippen LogP) is 30.4. The van der Waals surface area contributed by atoms with E-state index in [2.05, 4.69) is 387 Å². The molecule has 0 radical (unpaired) electrons. The van der Waals surface area contributed by atoms with Crippen LogP contribution in [0.1, 0.15) is 207 Å². The minimum Gasteiger partial charge on any atom is -0.0587 e. The summed E-state index contributed by atoms with van der Waals surface area (Å²) in [6.07, 6.45) is 0. The van der Waals surface area contributed by atoms with Crippen LogP contribution >= 0.6 is 0 Å². The molecule has 0 nitrogen and oxygen atoms in total. The molecule has 0 saturated heterocycles. The molecular formula is C103H118. The predicted molar refractivity (Wildman–Crippen MR) is 456 cm³/mol. The highest BCUT2D eigenvalue weighted by atomic mass is 14.2. The fourth-order valence-corrected chi connectivity index (χ4v) is 15.5. The van der Waals surface area contributed by atoms with Gasteiger partial charge in [0.25, 0.3) is 0 Å². The first kappa shape index (κ1) is 77.8. The molecule has 12 rings (SSSR count). The second-order valence-corrected chi connectivity index (χ2v) is 31.8. The molecule has 0 N–H and O–H groups in total. The molecule has 0 bridgehead atoms. The van der Waals surface area contributed by atoms with Gasteiger partial charge in [-0.15, -0.1) is 0 Å². The molecule has 12 aromatic carbocycles. The molecule has 0 aliphatic carbocycles. The van der Waals surface area contributed by atoms with Crippen molar-refractivity contribution in [3.8, 4) is 89.0 Å². The van der Waals surface area contributed by atoms with Crippen molar-refractivity contribution in [2.24, 2.45) is 0 Å². The van der Waals surface area contributed by atoms with E-state index >= 15 is 0 Å². The molecule has 0 heteroatoms.